The molecule has 6 heteroatoms. The predicted octanol–water partition coefficient (Wildman–Crippen LogP) is 2.07. The zero-order valence-electron chi connectivity index (χ0n) is 9.24. The number of Topliss-reactive ketones (excluding diaryl/α,β-unsaturated/α-hetero) is 2. The van der Waals surface area contributed by atoms with Crippen LogP contribution in [0.4, 0.5) is 5.69 Å². The van der Waals surface area contributed by atoms with Crippen LogP contribution in [0.15, 0.2) is 23.2 Å². The van der Waals surface area contributed by atoms with Gasteiger partial charge in [-0.05, 0) is 18.2 Å². The Morgan fingerprint density at radius 2 is 1.94 bits per heavy atom. The van der Waals surface area contributed by atoms with E-state index in [1.807, 2.05) is 0 Å². The van der Waals surface area contributed by atoms with Crippen LogP contribution >= 0.6 is 11.6 Å². The number of aliphatic imine (C=N–C) groups is 1. The summed E-state index contributed by atoms with van der Waals surface area (Å²) in [5.74, 6) is -0.796. The Hall–Kier alpha value is -2.01. The fraction of sp³-hybridized carbons (Fsp3) is 0.167. The van der Waals surface area contributed by atoms with Gasteiger partial charge in [0.1, 0.15) is 5.75 Å². The molecule has 0 bridgehead atoms. The minimum absolute atomic E-state index is 0.0755. The first-order valence-corrected chi connectivity index (χ1v) is 5.55. The van der Waals surface area contributed by atoms with Gasteiger partial charge >= 0.3 is 0 Å². The van der Waals surface area contributed by atoms with Gasteiger partial charge in [-0.2, -0.15) is 0 Å². The van der Waals surface area contributed by atoms with Crippen LogP contribution < -0.4 is 0 Å². The lowest BCUT2D eigenvalue weighted by Crippen LogP contribution is -2.32. The van der Waals surface area contributed by atoms with Crippen molar-refractivity contribution in [1.82, 2.24) is 0 Å². The van der Waals surface area contributed by atoms with Crippen LogP contribution in [-0.4, -0.2) is 28.1 Å². The highest BCUT2D eigenvalue weighted by molar-refractivity contribution is 6.60. The van der Waals surface area contributed by atoms with Crippen molar-refractivity contribution >= 4 is 40.3 Å². The van der Waals surface area contributed by atoms with Gasteiger partial charge in [-0.15, -0.1) is 0 Å². The minimum Gasteiger partial charge on any atom is -0.506 e. The van der Waals surface area contributed by atoms with E-state index in [9.17, 15) is 14.7 Å². The van der Waals surface area contributed by atoms with Crippen LogP contribution in [0.5, 0.6) is 5.75 Å². The van der Waals surface area contributed by atoms with Gasteiger partial charge in [0.05, 0.1) is 35.0 Å². The van der Waals surface area contributed by atoms with Gasteiger partial charge in [0, 0.05) is 0 Å². The van der Waals surface area contributed by atoms with Crippen molar-refractivity contribution in [2.45, 2.75) is 12.8 Å². The first-order valence-electron chi connectivity index (χ1n) is 5.17. The van der Waals surface area contributed by atoms with Crippen LogP contribution in [0.25, 0.3) is 0 Å². The third-order valence-corrected chi connectivity index (χ3v) is 2.82. The molecule has 1 saturated carbocycles. The van der Waals surface area contributed by atoms with Crippen molar-refractivity contribution in [2.75, 3.05) is 0 Å². The number of rotatable bonds is 1. The number of hydrogen-bond acceptors (Lipinski definition) is 5. The highest BCUT2D eigenvalue weighted by Gasteiger charge is 2.27. The number of carbonyl (C=O) groups is 2. The van der Waals surface area contributed by atoms with Gasteiger partial charge in [0.15, 0.2) is 11.6 Å². The Morgan fingerprint density at radius 3 is 2.61 bits per heavy atom. The highest BCUT2D eigenvalue weighted by atomic mass is 35.5. The fourth-order valence-electron chi connectivity index (χ4n) is 1.54. The minimum atomic E-state index is -0.391. The van der Waals surface area contributed by atoms with E-state index >= 15 is 0 Å². The molecule has 1 aromatic rings. The second-order valence-electron chi connectivity index (χ2n) is 3.87. The summed E-state index contributed by atoms with van der Waals surface area (Å²) in [4.78, 5) is 27.0. The summed E-state index contributed by atoms with van der Waals surface area (Å²) in [5.41, 5.74) is 0.336. The molecule has 1 aliphatic rings. The van der Waals surface area contributed by atoms with Crippen molar-refractivity contribution in [3.8, 4) is 5.75 Å². The molecule has 1 aliphatic carbocycles. The van der Waals surface area contributed by atoms with Crippen molar-refractivity contribution in [2.24, 2.45) is 4.99 Å². The van der Waals surface area contributed by atoms with Crippen LogP contribution in [0, 0.1) is 5.41 Å². The summed E-state index contributed by atoms with van der Waals surface area (Å²) in [6.07, 6.45) is -0.361. The van der Waals surface area contributed by atoms with Crippen molar-refractivity contribution < 1.29 is 14.7 Å². The number of phenols is 1. The molecule has 0 aromatic heterocycles. The largest absolute Gasteiger partial charge is 0.506 e. The number of ketones is 2. The summed E-state index contributed by atoms with van der Waals surface area (Å²) in [6, 6.07) is 4.26. The standard InChI is InChI=1S/C12H9ClN2O3/c13-7-3-6(1-2-10(7)16)15-9-5-11(17)8(14)4-12(9)18/h1-3,14,16H,4-5H2. The average Bonchev–Trinajstić information content (AvgIpc) is 2.31. The molecule has 18 heavy (non-hydrogen) atoms. The van der Waals surface area contributed by atoms with E-state index < -0.39 is 5.78 Å². The third-order valence-electron chi connectivity index (χ3n) is 2.52. The summed E-state index contributed by atoms with van der Waals surface area (Å²) in [5, 5.41) is 16.7. The zero-order valence-corrected chi connectivity index (χ0v) is 9.99. The Labute approximate surface area is 108 Å². The van der Waals surface area contributed by atoms with Crippen LogP contribution in [0.2, 0.25) is 5.02 Å². The van der Waals surface area contributed by atoms with E-state index in [0.717, 1.165) is 0 Å². The van der Waals surface area contributed by atoms with Gasteiger partial charge in [-0.3, -0.25) is 9.59 Å². The molecule has 1 fully saturated rings. The van der Waals surface area contributed by atoms with Crippen LogP contribution in [-0.2, 0) is 9.59 Å². The maximum atomic E-state index is 11.6. The number of aromatic hydroxyl groups is 1. The Morgan fingerprint density at radius 1 is 1.22 bits per heavy atom. The van der Waals surface area contributed by atoms with Gasteiger partial charge in [-0.25, -0.2) is 4.99 Å². The topological polar surface area (TPSA) is 90.6 Å². The number of nitrogens with one attached hydrogen (secondary N) is 1. The molecule has 1 aromatic carbocycles. The Balaban J connectivity index is 2.32. The van der Waals surface area contributed by atoms with E-state index in [1.54, 1.807) is 0 Å². The highest BCUT2D eigenvalue weighted by Crippen LogP contribution is 2.28. The Bertz CT molecular complexity index is 593. The maximum Gasteiger partial charge on any atom is 0.183 e. The predicted molar refractivity (Wildman–Crippen MR) is 67.2 cm³/mol. The quantitative estimate of drug-likeness (QED) is 0.813. The molecular formula is C12H9ClN2O3. The van der Waals surface area contributed by atoms with Gasteiger partial charge in [0.25, 0.3) is 0 Å². The summed E-state index contributed by atoms with van der Waals surface area (Å²) in [6.45, 7) is 0. The van der Waals surface area contributed by atoms with E-state index in [2.05, 4.69) is 4.99 Å². The number of halogens is 1. The van der Waals surface area contributed by atoms with Crippen molar-refractivity contribution in [3.63, 3.8) is 0 Å². The molecule has 0 radical (unpaired) electrons. The average molecular weight is 265 g/mol. The molecule has 2 N–H and O–H groups in total. The fourth-order valence-corrected chi connectivity index (χ4v) is 1.72. The monoisotopic (exact) mass is 264 g/mol. The summed E-state index contributed by atoms with van der Waals surface area (Å²) < 4.78 is 0. The number of phenolic OH excluding ortho intramolecular Hbond substituents is 1. The first-order chi connectivity index (χ1) is 8.47. The smallest absolute Gasteiger partial charge is 0.183 e. The lowest BCUT2D eigenvalue weighted by molar-refractivity contribution is -0.116. The van der Waals surface area contributed by atoms with Crippen LogP contribution in [0.1, 0.15) is 12.8 Å². The normalized spacial score (nSPS) is 18.5. The third kappa shape index (κ3) is 2.46. The van der Waals surface area contributed by atoms with Crippen LogP contribution in [0.3, 0.4) is 0 Å². The SMILES string of the molecule is N=C1CC(=O)C(=Nc2ccc(O)c(Cl)c2)CC1=O. The molecule has 0 spiro atoms. The molecule has 2 rings (SSSR count). The van der Waals surface area contributed by atoms with E-state index in [0.29, 0.717) is 5.69 Å². The molecule has 0 aliphatic heterocycles. The summed E-state index contributed by atoms with van der Waals surface area (Å²) >= 11 is 5.71. The second-order valence-corrected chi connectivity index (χ2v) is 4.28. The summed E-state index contributed by atoms with van der Waals surface area (Å²) in [7, 11) is 0. The van der Waals surface area contributed by atoms with Crippen molar-refractivity contribution in [3.05, 3.63) is 23.2 Å². The Kier molecular flexibility index (Phi) is 3.25. The molecule has 0 heterocycles. The maximum absolute atomic E-state index is 11.6. The van der Waals surface area contributed by atoms with E-state index in [4.69, 9.17) is 17.0 Å². The molecule has 0 unspecified atom stereocenters. The molecule has 5 nitrogen and oxygen atoms in total. The van der Waals surface area contributed by atoms with Gasteiger partial charge < -0.3 is 10.5 Å². The number of nitrogens with zero attached hydrogens (tertiary/aromatic N) is 1. The molecule has 0 saturated heterocycles. The number of hydrogen-bond donors (Lipinski definition) is 2. The number of carbonyl (C=O) groups excluding carboxylic acids is 2. The second kappa shape index (κ2) is 4.70. The number of benzene rings is 1. The van der Waals surface area contributed by atoms with Gasteiger partial charge in [0.2, 0.25) is 0 Å². The van der Waals surface area contributed by atoms with E-state index in [1.165, 1.54) is 18.2 Å². The zero-order chi connectivity index (χ0) is 13.3. The lowest BCUT2D eigenvalue weighted by atomic mass is 9.94. The molecule has 92 valence electrons. The first kappa shape index (κ1) is 12.4. The lowest BCUT2D eigenvalue weighted by Gasteiger charge is -2.11. The van der Waals surface area contributed by atoms with Gasteiger partial charge in [-0.1, -0.05) is 11.6 Å². The van der Waals surface area contributed by atoms with Crippen molar-refractivity contribution in [1.29, 1.82) is 5.41 Å². The van der Waals surface area contributed by atoms with E-state index in [-0.39, 0.29) is 40.8 Å². The molecule has 0 amide bonds. The molecular weight excluding hydrogens is 256 g/mol. The molecule has 0 atom stereocenters.